The smallest absolute Gasteiger partial charge is 0.255 e. The molecule has 0 aliphatic rings. The lowest BCUT2D eigenvalue weighted by Crippen LogP contribution is -2.24. The zero-order valence-corrected chi connectivity index (χ0v) is 10.9. The van der Waals surface area contributed by atoms with Crippen molar-refractivity contribution in [1.29, 1.82) is 0 Å². The molecule has 6 heteroatoms. The van der Waals surface area contributed by atoms with Crippen LogP contribution < -0.4 is 10.6 Å². The van der Waals surface area contributed by atoms with E-state index < -0.39 is 0 Å². The largest absolute Gasteiger partial charge is 0.370 e. The molecule has 0 atom stereocenters. The van der Waals surface area contributed by atoms with Crippen LogP contribution in [0.4, 0.5) is 5.82 Å². The van der Waals surface area contributed by atoms with Crippen LogP contribution in [0.3, 0.4) is 0 Å². The minimum Gasteiger partial charge on any atom is -0.370 e. The molecule has 0 saturated carbocycles. The molecule has 2 heterocycles. The summed E-state index contributed by atoms with van der Waals surface area (Å²) in [6.07, 6.45) is 1.65. The van der Waals surface area contributed by atoms with Gasteiger partial charge in [0.05, 0.1) is 12.1 Å². The average Bonchev–Trinajstić information content (AvgIpc) is 2.83. The van der Waals surface area contributed by atoms with E-state index in [0.29, 0.717) is 30.2 Å². The first-order chi connectivity index (χ1) is 9.20. The second kappa shape index (κ2) is 5.99. The normalized spacial score (nSPS) is 10.2. The first-order valence-corrected chi connectivity index (χ1v) is 6.10. The Morgan fingerprint density at radius 3 is 3.00 bits per heavy atom. The number of carbonyl (C=O) groups is 1. The third-order valence-electron chi connectivity index (χ3n) is 2.50. The van der Waals surface area contributed by atoms with Gasteiger partial charge in [0.25, 0.3) is 5.91 Å². The van der Waals surface area contributed by atoms with E-state index in [1.807, 2.05) is 13.8 Å². The van der Waals surface area contributed by atoms with E-state index in [1.165, 1.54) is 0 Å². The average molecular weight is 260 g/mol. The number of pyridine rings is 1. The highest BCUT2D eigenvalue weighted by Crippen LogP contribution is 2.11. The van der Waals surface area contributed by atoms with Crippen molar-refractivity contribution in [3.05, 3.63) is 41.4 Å². The van der Waals surface area contributed by atoms with Crippen molar-refractivity contribution in [3.63, 3.8) is 0 Å². The van der Waals surface area contributed by atoms with Gasteiger partial charge in [0.15, 0.2) is 0 Å². The highest BCUT2D eigenvalue weighted by atomic mass is 16.5. The number of aromatic nitrogens is 2. The highest BCUT2D eigenvalue weighted by Gasteiger charge is 2.12. The predicted molar refractivity (Wildman–Crippen MR) is 70.8 cm³/mol. The molecule has 0 spiro atoms. The van der Waals surface area contributed by atoms with E-state index >= 15 is 0 Å². The Balaban J connectivity index is 2.03. The molecule has 2 rings (SSSR count). The first-order valence-electron chi connectivity index (χ1n) is 6.10. The number of hydrogen-bond donors (Lipinski definition) is 2. The SMILES string of the molecule is CCNc1ncccc1C(=O)NCc1cc(C)on1. The van der Waals surface area contributed by atoms with Gasteiger partial charge < -0.3 is 15.2 Å². The standard InChI is InChI=1S/C13H16N4O2/c1-3-14-12-11(5-4-6-15-12)13(18)16-8-10-7-9(2)19-17-10/h4-7H,3,8H2,1-2H3,(H,14,15)(H,16,18). The molecule has 2 N–H and O–H groups in total. The number of aryl methyl sites for hydroxylation is 1. The lowest BCUT2D eigenvalue weighted by Gasteiger charge is -2.08. The van der Waals surface area contributed by atoms with Gasteiger partial charge in [0.2, 0.25) is 0 Å². The van der Waals surface area contributed by atoms with Crippen LogP contribution in [0, 0.1) is 6.92 Å². The summed E-state index contributed by atoms with van der Waals surface area (Å²) in [6, 6.07) is 5.25. The number of amides is 1. The van der Waals surface area contributed by atoms with Gasteiger partial charge >= 0.3 is 0 Å². The minimum absolute atomic E-state index is 0.190. The van der Waals surface area contributed by atoms with Gasteiger partial charge in [-0.25, -0.2) is 4.98 Å². The molecule has 1 amide bonds. The van der Waals surface area contributed by atoms with Crippen LogP contribution >= 0.6 is 0 Å². The van der Waals surface area contributed by atoms with Gasteiger partial charge in [0, 0.05) is 18.8 Å². The summed E-state index contributed by atoms with van der Waals surface area (Å²) >= 11 is 0. The van der Waals surface area contributed by atoms with E-state index in [0.717, 1.165) is 5.76 Å². The molecule has 0 bridgehead atoms. The van der Waals surface area contributed by atoms with E-state index in [1.54, 1.807) is 24.4 Å². The summed E-state index contributed by atoms with van der Waals surface area (Å²) < 4.78 is 4.94. The first kappa shape index (κ1) is 13.1. The Hall–Kier alpha value is -2.37. The Labute approximate surface area is 111 Å². The molecule has 2 aromatic rings. The van der Waals surface area contributed by atoms with Crippen LogP contribution in [-0.2, 0) is 6.54 Å². The molecule has 0 radical (unpaired) electrons. The zero-order chi connectivity index (χ0) is 13.7. The molecule has 6 nitrogen and oxygen atoms in total. The van der Waals surface area contributed by atoms with Crippen molar-refractivity contribution < 1.29 is 9.32 Å². The zero-order valence-electron chi connectivity index (χ0n) is 10.9. The van der Waals surface area contributed by atoms with Crippen LogP contribution in [0.5, 0.6) is 0 Å². The summed E-state index contributed by atoms with van der Waals surface area (Å²) in [5, 5.41) is 9.66. The lowest BCUT2D eigenvalue weighted by molar-refractivity contribution is 0.0950. The number of rotatable bonds is 5. The molecular formula is C13H16N4O2. The lowest BCUT2D eigenvalue weighted by atomic mass is 10.2. The van der Waals surface area contributed by atoms with Gasteiger partial charge in [-0.1, -0.05) is 5.16 Å². The number of nitrogens with one attached hydrogen (secondary N) is 2. The van der Waals surface area contributed by atoms with Crippen LogP contribution in [0.2, 0.25) is 0 Å². The molecule has 19 heavy (non-hydrogen) atoms. The second-order valence-corrected chi connectivity index (χ2v) is 4.04. The van der Waals surface area contributed by atoms with Crippen molar-refractivity contribution in [2.24, 2.45) is 0 Å². The molecule has 2 aromatic heterocycles. The maximum Gasteiger partial charge on any atom is 0.255 e. The van der Waals surface area contributed by atoms with Gasteiger partial charge in [0.1, 0.15) is 17.3 Å². The quantitative estimate of drug-likeness (QED) is 0.856. The van der Waals surface area contributed by atoms with E-state index in [9.17, 15) is 4.79 Å². The number of hydrogen-bond acceptors (Lipinski definition) is 5. The van der Waals surface area contributed by atoms with Crippen LogP contribution in [0.1, 0.15) is 28.7 Å². The van der Waals surface area contributed by atoms with Crippen molar-refractivity contribution in [2.75, 3.05) is 11.9 Å². The van der Waals surface area contributed by atoms with Gasteiger partial charge in [-0.05, 0) is 26.0 Å². The Bertz CT molecular complexity index is 565. The molecular weight excluding hydrogens is 244 g/mol. The fourth-order valence-corrected chi connectivity index (χ4v) is 1.66. The Morgan fingerprint density at radius 2 is 2.32 bits per heavy atom. The van der Waals surface area contributed by atoms with Crippen molar-refractivity contribution >= 4 is 11.7 Å². The van der Waals surface area contributed by atoms with E-state index in [2.05, 4.69) is 20.8 Å². The number of nitrogens with zero attached hydrogens (tertiary/aromatic N) is 2. The fraction of sp³-hybridized carbons (Fsp3) is 0.308. The fourth-order valence-electron chi connectivity index (χ4n) is 1.66. The molecule has 100 valence electrons. The summed E-state index contributed by atoms with van der Waals surface area (Å²) in [4.78, 5) is 16.2. The monoisotopic (exact) mass is 260 g/mol. The number of anilines is 1. The van der Waals surface area contributed by atoms with Crippen LogP contribution in [-0.4, -0.2) is 22.6 Å². The molecule has 0 fully saturated rings. The summed E-state index contributed by atoms with van der Waals surface area (Å²) in [5.74, 6) is 1.11. The summed E-state index contributed by atoms with van der Waals surface area (Å²) in [6.45, 7) is 4.80. The maximum atomic E-state index is 12.1. The molecule has 0 aliphatic heterocycles. The van der Waals surface area contributed by atoms with E-state index in [4.69, 9.17) is 4.52 Å². The molecule has 0 aliphatic carbocycles. The maximum absolute atomic E-state index is 12.1. The van der Waals surface area contributed by atoms with Crippen molar-refractivity contribution in [2.45, 2.75) is 20.4 Å². The second-order valence-electron chi connectivity index (χ2n) is 4.04. The molecule has 0 unspecified atom stereocenters. The molecule has 0 saturated heterocycles. The third-order valence-corrected chi connectivity index (χ3v) is 2.50. The van der Waals surface area contributed by atoms with Crippen LogP contribution in [0.15, 0.2) is 28.9 Å². The molecule has 0 aromatic carbocycles. The van der Waals surface area contributed by atoms with Crippen LogP contribution in [0.25, 0.3) is 0 Å². The number of carbonyl (C=O) groups excluding carboxylic acids is 1. The topological polar surface area (TPSA) is 80.0 Å². The van der Waals surface area contributed by atoms with Crippen molar-refractivity contribution in [1.82, 2.24) is 15.5 Å². The third kappa shape index (κ3) is 3.31. The van der Waals surface area contributed by atoms with Gasteiger partial charge in [-0.2, -0.15) is 0 Å². The summed E-state index contributed by atoms with van der Waals surface area (Å²) in [7, 11) is 0. The predicted octanol–water partition coefficient (Wildman–Crippen LogP) is 1.74. The summed E-state index contributed by atoms with van der Waals surface area (Å²) in [5.41, 5.74) is 1.21. The Kier molecular flexibility index (Phi) is 4.12. The van der Waals surface area contributed by atoms with Gasteiger partial charge in [-0.3, -0.25) is 4.79 Å². The van der Waals surface area contributed by atoms with Crippen molar-refractivity contribution in [3.8, 4) is 0 Å². The Morgan fingerprint density at radius 1 is 1.47 bits per heavy atom. The highest BCUT2D eigenvalue weighted by molar-refractivity contribution is 5.98. The van der Waals surface area contributed by atoms with Gasteiger partial charge in [-0.15, -0.1) is 0 Å². The van der Waals surface area contributed by atoms with E-state index in [-0.39, 0.29) is 5.91 Å². The minimum atomic E-state index is -0.190.